The van der Waals surface area contributed by atoms with Crippen molar-refractivity contribution >= 4 is 22.4 Å². The van der Waals surface area contributed by atoms with Gasteiger partial charge in [0.25, 0.3) is 5.91 Å². The molecule has 0 atom stereocenters. The van der Waals surface area contributed by atoms with Gasteiger partial charge in [-0.05, 0) is 23.6 Å². The topological polar surface area (TPSA) is 73.3 Å². The summed E-state index contributed by atoms with van der Waals surface area (Å²) in [6.07, 6.45) is 0. The van der Waals surface area contributed by atoms with Crippen LogP contribution in [0, 0.1) is 0 Å². The second kappa shape index (κ2) is 6.74. The van der Waals surface area contributed by atoms with Crippen LogP contribution in [-0.2, 0) is 10.2 Å². The van der Waals surface area contributed by atoms with Crippen LogP contribution in [0.5, 0.6) is 11.5 Å². The van der Waals surface area contributed by atoms with Gasteiger partial charge < -0.3 is 9.47 Å². The van der Waals surface area contributed by atoms with Gasteiger partial charge >= 0.3 is 0 Å². The molecule has 0 fully saturated rings. The predicted molar refractivity (Wildman–Crippen MR) is 85.7 cm³/mol. The molecule has 0 saturated heterocycles. The number of amides is 1. The van der Waals surface area contributed by atoms with E-state index in [0.717, 1.165) is 11.3 Å². The summed E-state index contributed by atoms with van der Waals surface area (Å²) >= 11 is 1.26. The summed E-state index contributed by atoms with van der Waals surface area (Å²) < 4.78 is 10.9. The normalized spacial score (nSPS) is 11.1. The number of anilines is 1. The summed E-state index contributed by atoms with van der Waals surface area (Å²) in [7, 11) is 1.62. The SMILES string of the molecule is COc1ccc(OCC(=O)Nc2nncs2)c(C(C)(C)C)c1. The van der Waals surface area contributed by atoms with Crippen molar-refractivity contribution in [2.24, 2.45) is 0 Å². The van der Waals surface area contributed by atoms with E-state index in [1.165, 1.54) is 11.3 Å². The summed E-state index contributed by atoms with van der Waals surface area (Å²) in [5.74, 6) is 1.16. The van der Waals surface area contributed by atoms with Crippen LogP contribution in [0.15, 0.2) is 23.7 Å². The van der Waals surface area contributed by atoms with Crippen LogP contribution in [0.4, 0.5) is 5.13 Å². The molecule has 0 aliphatic rings. The van der Waals surface area contributed by atoms with E-state index in [4.69, 9.17) is 9.47 Å². The molecular weight excluding hydrogens is 302 g/mol. The van der Waals surface area contributed by atoms with E-state index in [2.05, 4.69) is 36.3 Å². The number of nitrogens with zero attached hydrogens (tertiary/aromatic N) is 2. The summed E-state index contributed by atoms with van der Waals surface area (Å²) in [4.78, 5) is 11.8. The van der Waals surface area contributed by atoms with E-state index in [1.54, 1.807) is 12.6 Å². The van der Waals surface area contributed by atoms with Gasteiger partial charge in [-0.2, -0.15) is 0 Å². The number of carbonyl (C=O) groups excluding carboxylic acids is 1. The summed E-state index contributed by atoms with van der Waals surface area (Å²) in [5.41, 5.74) is 2.41. The Morgan fingerprint density at radius 1 is 1.36 bits per heavy atom. The monoisotopic (exact) mass is 321 g/mol. The minimum Gasteiger partial charge on any atom is -0.497 e. The minimum atomic E-state index is -0.271. The van der Waals surface area contributed by atoms with E-state index in [9.17, 15) is 4.79 Å². The Bertz CT molecular complexity index is 636. The number of methoxy groups -OCH3 is 1. The van der Waals surface area contributed by atoms with Gasteiger partial charge in [-0.3, -0.25) is 10.1 Å². The third kappa shape index (κ3) is 4.17. The quantitative estimate of drug-likeness (QED) is 0.916. The average Bonchev–Trinajstić information content (AvgIpc) is 2.96. The van der Waals surface area contributed by atoms with E-state index in [0.29, 0.717) is 10.9 Å². The lowest BCUT2D eigenvalue weighted by Crippen LogP contribution is -2.22. The van der Waals surface area contributed by atoms with Gasteiger partial charge in [0, 0.05) is 5.56 Å². The fraction of sp³-hybridized carbons (Fsp3) is 0.400. The van der Waals surface area contributed by atoms with Crippen molar-refractivity contribution in [3.63, 3.8) is 0 Å². The molecule has 0 aliphatic carbocycles. The molecule has 1 heterocycles. The highest BCUT2D eigenvalue weighted by Crippen LogP contribution is 2.34. The molecule has 7 heteroatoms. The Hall–Kier alpha value is -2.15. The van der Waals surface area contributed by atoms with E-state index >= 15 is 0 Å². The van der Waals surface area contributed by atoms with Gasteiger partial charge in [0.15, 0.2) is 6.61 Å². The maximum Gasteiger partial charge on any atom is 0.264 e. The van der Waals surface area contributed by atoms with Gasteiger partial charge in [0.1, 0.15) is 17.0 Å². The van der Waals surface area contributed by atoms with E-state index in [-0.39, 0.29) is 17.9 Å². The Kier molecular flexibility index (Phi) is 4.97. The largest absolute Gasteiger partial charge is 0.497 e. The Balaban J connectivity index is 2.07. The highest BCUT2D eigenvalue weighted by atomic mass is 32.1. The fourth-order valence-corrected chi connectivity index (χ4v) is 2.34. The van der Waals surface area contributed by atoms with Crippen molar-refractivity contribution < 1.29 is 14.3 Å². The first-order chi connectivity index (χ1) is 10.4. The predicted octanol–water partition coefficient (Wildman–Crippen LogP) is 2.86. The summed E-state index contributed by atoms with van der Waals surface area (Å²) in [6.45, 7) is 6.15. The van der Waals surface area contributed by atoms with Crippen LogP contribution in [0.1, 0.15) is 26.3 Å². The third-order valence-corrected chi connectivity index (χ3v) is 3.57. The minimum absolute atomic E-state index is 0.0883. The average molecular weight is 321 g/mol. The van der Waals surface area contributed by atoms with E-state index in [1.807, 2.05) is 18.2 Å². The lowest BCUT2D eigenvalue weighted by atomic mass is 9.86. The molecule has 118 valence electrons. The molecule has 2 rings (SSSR count). The second-order valence-electron chi connectivity index (χ2n) is 5.69. The molecule has 6 nitrogen and oxygen atoms in total. The maximum absolute atomic E-state index is 11.8. The summed E-state index contributed by atoms with van der Waals surface area (Å²) in [6, 6.07) is 5.56. The Morgan fingerprint density at radius 3 is 2.73 bits per heavy atom. The lowest BCUT2D eigenvalue weighted by molar-refractivity contribution is -0.118. The molecule has 0 saturated carbocycles. The van der Waals surface area contributed by atoms with Crippen molar-refractivity contribution in [3.05, 3.63) is 29.3 Å². The number of carbonyl (C=O) groups is 1. The van der Waals surface area contributed by atoms with Crippen LogP contribution in [0.3, 0.4) is 0 Å². The van der Waals surface area contributed by atoms with Crippen molar-refractivity contribution in [2.75, 3.05) is 19.0 Å². The molecule has 0 unspecified atom stereocenters. The molecule has 0 bridgehead atoms. The Labute approximate surface area is 133 Å². The van der Waals surface area contributed by atoms with Crippen LogP contribution in [-0.4, -0.2) is 29.8 Å². The molecule has 1 aromatic carbocycles. The van der Waals surface area contributed by atoms with Crippen molar-refractivity contribution in [1.82, 2.24) is 10.2 Å². The zero-order valence-electron chi connectivity index (χ0n) is 13.0. The zero-order chi connectivity index (χ0) is 16.2. The number of hydrogen-bond acceptors (Lipinski definition) is 6. The molecular formula is C15H19N3O3S. The highest BCUT2D eigenvalue weighted by molar-refractivity contribution is 7.13. The fourth-order valence-electron chi connectivity index (χ4n) is 1.87. The molecule has 1 aromatic heterocycles. The molecule has 1 N–H and O–H groups in total. The molecule has 0 radical (unpaired) electrons. The third-order valence-electron chi connectivity index (χ3n) is 2.96. The zero-order valence-corrected chi connectivity index (χ0v) is 13.9. The van der Waals surface area contributed by atoms with Crippen LogP contribution < -0.4 is 14.8 Å². The number of benzene rings is 1. The van der Waals surface area contributed by atoms with Gasteiger partial charge in [-0.15, -0.1) is 10.2 Å². The van der Waals surface area contributed by atoms with Gasteiger partial charge in [-0.1, -0.05) is 32.1 Å². The number of rotatable bonds is 5. The smallest absolute Gasteiger partial charge is 0.264 e. The first-order valence-corrected chi connectivity index (χ1v) is 7.65. The maximum atomic E-state index is 11.8. The standard InChI is InChI=1S/C15H19N3O3S/c1-15(2,3)11-7-10(20-4)5-6-12(11)21-8-13(19)17-14-18-16-9-22-14/h5-7,9H,8H2,1-4H3,(H,17,18,19). The first kappa shape index (κ1) is 16.2. The van der Waals surface area contributed by atoms with Crippen molar-refractivity contribution in [3.8, 4) is 11.5 Å². The number of ether oxygens (including phenoxy) is 2. The molecule has 2 aromatic rings. The Morgan fingerprint density at radius 2 is 2.14 bits per heavy atom. The first-order valence-electron chi connectivity index (χ1n) is 6.77. The number of hydrogen-bond donors (Lipinski definition) is 1. The lowest BCUT2D eigenvalue weighted by Gasteiger charge is -2.23. The van der Waals surface area contributed by atoms with Gasteiger partial charge in [-0.25, -0.2) is 0 Å². The molecule has 0 aliphatic heterocycles. The van der Waals surface area contributed by atoms with Gasteiger partial charge in [0.05, 0.1) is 7.11 Å². The molecule has 0 spiro atoms. The van der Waals surface area contributed by atoms with Crippen LogP contribution >= 0.6 is 11.3 Å². The summed E-state index contributed by atoms with van der Waals surface area (Å²) in [5, 5.41) is 10.5. The van der Waals surface area contributed by atoms with Crippen LogP contribution in [0.2, 0.25) is 0 Å². The van der Waals surface area contributed by atoms with Crippen molar-refractivity contribution in [1.29, 1.82) is 0 Å². The molecule has 1 amide bonds. The molecule has 22 heavy (non-hydrogen) atoms. The van der Waals surface area contributed by atoms with Crippen molar-refractivity contribution in [2.45, 2.75) is 26.2 Å². The number of nitrogens with one attached hydrogen (secondary N) is 1. The number of aromatic nitrogens is 2. The van der Waals surface area contributed by atoms with Crippen LogP contribution in [0.25, 0.3) is 0 Å². The van der Waals surface area contributed by atoms with Gasteiger partial charge in [0.2, 0.25) is 5.13 Å². The highest BCUT2D eigenvalue weighted by Gasteiger charge is 2.20. The van der Waals surface area contributed by atoms with E-state index < -0.39 is 0 Å². The second-order valence-corrected chi connectivity index (χ2v) is 6.53.